The van der Waals surface area contributed by atoms with Crippen LogP contribution < -0.4 is 4.89 Å². The van der Waals surface area contributed by atoms with Gasteiger partial charge in [0.25, 0.3) is 7.82 Å². The lowest BCUT2D eigenvalue weighted by molar-refractivity contribution is -0.870. The summed E-state index contributed by atoms with van der Waals surface area (Å²) in [4.78, 5) is 37.4. The molecule has 0 amide bonds. The minimum absolute atomic E-state index is 0.0276. The van der Waals surface area contributed by atoms with Gasteiger partial charge in [0, 0.05) is 12.8 Å². The average molecular weight is 940 g/mol. The summed E-state index contributed by atoms with van der Waals surface area (Å²) in [6.07, 6.45) is 55.8. The van der Waals surface area contributed by atoms with Crippen LogP contribution >= 0.6 is 7.82 Å². The first-order valence-electron chi connectivity index (χ1n) is 27.5. The van der Waals surface area contributed by atoms with Crippen molar-refractivity contribution in [1.29, 1.82) is 0 Å². The van der Waals surface area contributed by atoms with Gasteiger partial charge in [-0.1, -0.05) is 231 Å². The number of esters is 2. The number of phosphoric ester groups is 1. The topological polar surface area (TPSA) is 111 Å². The molecule has 0 spiro atoms. The molecule has 2 atom stereocenters. The fourth-order valence-corrected chi connectivity index (χ4v) is 8.65. The zero-order valence-electron chi connectivity index (χ0n) is 43.5. The van der Waals surface area contributed by atoms with E-state index in [9.17, 15) is 19.0 Å². The molecule has 0 saturated heterocycles. The Morgan fingerprint density at radius 1 is 0.477 bits per heavy atom. The number of allylic oxidation sites excluding steroid dienone is 4. The van der Waals surface area contributed by atoms with Crippen molar-refractivity contribution in [3.8, 4) is 0 Å². The summed E-state index contributed by atoms with van der Waals surface area (Å²) < 4.78 is 33.8. The predicted molar refractivity (Wildman–Crippen MR) is 273 cm³/mol. The molecule has 0 saturated carbocycles. The third-order valence-corrected chi connectivity index (χ3v) is 13.2. The zero-order chi connectivity index (χ0) is 47.8. The van der Waals surface area contributed by atoms with E-state index in [0.29, 0.717) is 17.4 Å². The molecule has 65 heavy (non-hydrogen) atoms. The second kappa shape index (κ2) is 47.6. The van der Waals surface area contributed by atoms with Crippen molar-refractivity contribution in [1.82, 2.24) is 0 Å². The van der Waals surface area contributed by atoms with E-state index in [1.807, 2.05) is 21.1 Å². The number of unbranched alkanes of at least 4 members (excludes halogenated alkanes) is 33. The summed E-state index contributed by atoms with van der Waals surface area (Å²) in [6, 6.07) is 0. The Morgan fingerprint density at radius 3 is 1.22 bits per heavy atom. The summed E-state index contributed by atoms with van der Waals surface area (Å²) in [5, 5.41) is 0. The average Bonchev–Trinajstić information content (AvgIpc) is 3.26. The van der Waals surface area contributed by atoms with Crippen LogP contribution in [-0.2, 0) is 32.7 Å². The third kappa shape index (κ3) is 51.7. The van der Waals surface area contributed by atoms with Gasteiger partial charge in [0.05, 0.1) is 27.7 Å². The SMILES string of the molecule is CCCCCCC/C=C\C/C=C\CCCCCCCCCCCCCCCCCCCCCCCCCC(=O)OC(COC(=O)CCCCCCCC)COP(=O)([O-])OCC[N+](C)(C)C. The largest absolute Gasteiger partial charge is 0.756 e. The van der Waals surface area contributed by atoms with Crippen LogP contribution in [0.5, 0.6) is 0 Å². The Morgan fingerprint density at radius 2 is 0.831 bits per heavy atom. The van der Waals surface area contributed by atoms with Crippen molar-refractivity contribution in [2.24, 2.45) is 0 Å². The van der Waals surface area contributed by atoms with Gasteiger partial charge in [-0.05, 0) is 44.9 Å². The number of nitrogens with zero attached hydrogens (tertiary/aromatic N) is 1. The van der Waals surface area contributed by atoms with Gasteiger partial charge in [0.2, 0.25) is 0 Å². The Bertz CT molecular complexity index is 1150. The number of carbonyl (C=O) groups is 2. The quantitative estimate of drug-likeness (QED) is 0.0195. The van der Waals surface area contributed by atoms with Crippen LogP contribution in [0.2, 0.25) is 0 Å². The fraction of sp³-hybridized carbons (Fsp3) is 0.891. The second-order valence-corrected chi connectivity index (χ2v) is 21.4. The minimum atomic E-state index is -4.61. The van der Waals surface area contributed by atoms with Gasteiger partial charge >= 0.3 is 11.9 Å². The van der Waals surface area contributed by atoms with Crippen LogP contribution in [0.15, 0.2) is 24.3 Å². The molecule has 10 heteroatoms. The highest BCUT2D eigenvalue weighted by molar-refractivity contribution is 7.45. The number of quaternary nitrogens is 1. The summed E-state index contributed by atoms with van der Waals surface area (Å²) in [5.41, 5.74) is 0. The van der Waals surface area contributed by atoms with Gasteiger partial charge in [-0.2, -0.15) is 0 Å². The Labute approximate surface area is 402 Å². The first-order chi connectivity index (χ1) is 31.5. The Balaban J connectivity index is 3.80. The molecule has 0 bridgehead atoms. The van der Waals surface area contributed by atoms with E-state index in [0.717, 1.165) is 44.9 Å². The molecule has 9 nitrogen and oxygen atoms in total. The van der Waals surface area contributed by atoms with Gasteiger partial charge in [0.15, 0.2) is 6.10 Å². The van der Waals surface area contributed by atoms with Gasteiger partial charge in [0.1, 0.15) is 19.8 Å². The lowest BCUT2D eigenvalue weighted by atomic mass is 10.0. The molecule has 0 fully saturated rings. The lowest BCUT2D eigenvalue weighted by Crippen LogP contribution is -2.37. The third-order valence-electron chi connectivity index (χ3n) is 12.2. The van der Waals surface area contributed by atoms with E-state index in [1.54, 1.807) is 0 Å². The van der Waals surface area contributed by atoms with E-state index in [4.69, 9.17) is 18.5 Å². The van der Waals surface area contributed by atoms with Crippen LogP contribution in [0.1, 0.15) is 264 Å². The molecule has 0 rings (SSSR count). The second-order valence-electron chi connectivity index (χ2n) is 20.0. The number of hydrogen-bond donors (Lipinski definition) is 0. The molecule has 0 heterocycles. The fourth-order valence-electron chi connectivity index (χ4n) is 7.92. The van der Waals surface area contributed by atoms with Crippen molar-refractivity contribution in [3.05, 3.63) is 24.3 Å². The molecule has 0 aliphatic heterocycles. The zero-order valence-corrected chi connectivity index (χ0v) is 44.3. The highest BCUT2D eigenvalue weighted by atomic mass is 31.2. The number of likely N-dealkylation sites (N-methyl/N-ethyl adjacent to an activating group) is 1. The number of ether oxygens (including phenoxy) is 2. The molecule has 0 aromatic heterocycles. The first-order valence-corrected chi connectivity index (χ1v) is 29.0. The van der Waals surface area contributed by atoms with E-state index in [2.05, 4.69) is 38.2 Å². The summed E-state index contributed by atoms with van der Waals surface area (Å²) >= 11 is 0. The summed E-state index contributed by atoms with van der Waals surface area (Å²) in [7, 11) is 1.18. The number of phosphoric acid groups is 1. The highest BCUT2D eigenvalue weighted by Gasteiger charge is 2.21. The number of carbonyl (C=O) groups excluding carboxylic acids is 2. The summed E-state index contributed by atoms with van der Waals surface area (Å²) in [5.74, 6) is -0.832. The van der Waals surface area contributed by atoms with Crippen molar-refractivity contribution in [2.75, 3.05) is 47.5 Å². The van der Waals surface area contributed by atoms with E-state index in [-0.39, 0.29) is 32.0 Å². The normalized spacial score (nSPS) is 13.5. The van der Waals surface area contributed by atoms with E-state index >= 15 is 0 Å². The molecule has 384 valence electrons. The first kappa shape index (κ1) is 63.5. The van der Waals surface area contributed by atoms with Crippen LogP contribution in [0.25, 0.3) is 0 Å². The molecule has 0 radical (unpaired) electrons. The molecule has 0 aliphatic rings. The summed E-state index contributed by atoms with van der Waals surface area (Å²) in [6.45, 7) is 4.18. The van der Waals surface area contributed by atoms with Crippen LogP contribution in [0, 0.1) is 0 Å². The van der Waals surface area contributed by atoms with Gasteiger partial charge in [-0.15, -0.1) is 0 Å². The molecule has 0 N–H and O–H groups in total. The van der Waals surface area contributed by atoms with Crippen molar-refractivity contribution in [2.45, 2.75) is 270 Å². The Hall–Kier alpha value is -1.51. The maximum absolute atomic E-state index is 12.7. The van der Waals surface area contributed by atoms with Crippen LogP contribution in [-0.4, -0.2) is 70.0 Å². The number of hydrogen-bond acceptors (Lipinski definition) is 8. The maximum Gasteiger partial charge on any atom is 0.306 e. The molecule has 0 aromatic carbocycles. The predicted octanol–water partition coefficient (Wildman–Crippen LogP) is 16.0. The lowest BCUT2D eigenvalue weighted by Gasteiger charge is -2.28. The van der Waals surface area contributed by atoms with Crippen LogP contribution in [0.4, 0.5) is 0 Å². The molecule has 2 unspecified atom stereocenters. The van der Waals surface area contributed by atoms with Crippen molar-refractivity contribution < 1.29 is 42.1 Å². The van der Waals surface area contributed by atoms with Crippen molar-refractivity contribution >= 4 is 19.8 Å². The number of rotatable bonds is 51. The Kier molecular flexibility index (Phi) is 46.4. The van der Waals surface area contributed by atoms with Crippen LogP contribution in [0.3, 0.4) is 0 Å². The molecular formula is C55H106NO8P. The smallest absolute Gasteiger partial charge is 0.306 e. The minimum Gasteiger partial charge on any atom is -0.756 e. The standard InChI is InChI=1S/C55H106NO8P/c1-6-8-10-12-14-15-16-17-18-19-20-21-22-23-24-25-26-27-28-29-30-31-32-33-34-35-36-37-38-39-40-41-42-44-46-48-55(58)64-53(51-61-54(57)47-45-43-13-11-9-7-2)52-63-65(59,60)62-50-49-56(3,4)5/h16-17,19-20,53H,6-15,18,21-52H2,1-5H3/b17-16-,20-19-. The van der Waals surface area contributed by atoms with E-state index < -0.39 is 26.5 Å². The maximum atomic E-state index is 12.7. The monoisotopic (exact) mass is 940 g/mol. The van der Waals surface area contributed by atoms with Gasteiger partial charge in [-0.25, -0.2) is 0 Å². The van der Waals surface area contributed by atoms with Gasteiger partial charge in [-0.3, -0.25) is 14.2 Å². The van der Waals surface area contributed by atoms with Crippen molar-refractivity contribution in [3.63, 3.8) is 0 Å². The van der Waals surface area contributed by atoms with Gasteiger partial charge < -0.3 is 27.9 Å². The molecule has 0 aliphatic carbocycles. The highest BCUT2D eigenvalue weighted by Crippen LogP contribution is 2.38. The molecular weight excluding hydrogens is 834 g/mol. The van der Waals surface area contributed by atoms with E-state index in [1.165, 1.54) is 186 Å². The molecule has 0 aromatic rings.